The number of aliphatic carboxylic acids is 1. The van der Waals surface area contributed by atoms with Gasteiger partial charge in [-0.05, 0) is 13.3 Å². The maximum Gasteiger partial charge on any atom is 0.324 e. The lowest BCUT2D eigenvalue weighted by Gasteiger charge is -2.29. The van der Waals surface area contributed by atoms with E-state index in [2.05, 4.69) is 0 Å². The number of rotatable bonds is 8. The normalized spacial score (nSPS) is 14.8. The van der Waals surface area contributed by atoms with E-state index in [4.69, 9.17) is 4.74 Å². The number of hydrogen-bond donors (Lipinski definition) is 1. The minimum absolute atomic E-state index is 0.0839. The predicted octanol–water partition coefficient (Wildman–Crippen LogP) is 3.34. The first-order chi connectivity index (χ1) is 8.69. The molecule has 0 aromatic rings. The van der Waals surface area contributed by atoms with Crippen molar-refractivity contribution in [3.63, 3.8) is 0 Å². The topological polar surface area (TPSA) is 63.6 Å². The Morgan fingerprint density at radius 2 is 1.79 bits per heavy atom. The molecule has 0 aromatic carbocycles. The van der Waals surface area contributed by atoms with Gasteiger partial charge in [-0.25, -0.2) is 0 Å². The summed E-state index contributed by atoms with van der Waals surface area (Å²) in [6.45, 7) is 9.91. The molecular formula is C14H26O4S. The standard InChI is InChI=1S/C14H26O4S/c1-6-8-9-14(11(15)16,12(17)18-7-2)10-19-13(3,4)5/h6-10H2,1-5H3,(H,15,16)/t14-/m0/s1. The second-order valence-corrected chi connectivity index (χ2v) is 7.41. The highest BCUT2D eigenvalue weighted by atomic mass is 32.2. The third kappa shape index (κ3) is 5.85. The van der Waals surface area contributed by atoms with Crippen LogP contribution in [0, 0.1) is 5.41 Å². The summed E-state index contributed by atoms with van der Waals surface area (Å²) in [6, 6.07) is 0. The number of ether oxygens (including phenoxy) is 1. The number of carboxylic acids is 1. The Balaban J connectivity index is 5.13. The average molecular weight is 290 g/mol. The van der Waals surface area contributed by atoms with Crippen LogP contribution in [0.3, 0.4) is 0 Å². The quantitative estimate of drug-likeness (QED) is 0.548. The maximum absolute atomic E-state index is 12.1. The Bertz CT molecular complexity index is 309. The molecule has 0 fully saturated rings. The molecule has 0 aliphatic rings. The van der Waals surface area contributed by atoms with Gasteiger partial charge in [0.2, 0.25) is 0 Å². The molecule has 0 aliphatic carbocycles. The number of thioether (sulfide) groups is 1. The number of hydrogen-bond acceptors (Lipinski definition) is 4. The summed E-state index contributed by atoms with van der Waals surface area (Å²) in [5.74, 6) is -1.42. The monoisotopic (exact) mass is 290 g/mol. The largest absolute Gasteiger partial charge is 0.480 e. The minimum atomic E-state index is -1.41. The fraction of sp³-hybridized carbons (Fsp3) is 0.857. The van der Waals surface area contributed by atoms with E-state index < -0.39 is 17.4 Å². The Kier molecular flexibility index (Phi) is 7.49. The first-order valence-electron chi connectivity index (χ1n) is 6.74. The first kappa shape index (κ1) is 18.3. The molecule has 4 nitrogen and oxygen atoms in total. The van der Waals surface area contributed by atoms with Gasteiger partial charge in [-0.2, -0.15) is 11.8 Å². The summed E-state index contributed by atoms with van der Waals surface area (Å²) >= 11 is 1.49. The molecule has 0 unspecified atom stereocenters. The van der Waals surface area contributed by atoms with Crippen molar-refractivity contribution < 1.29 is 19.4 Å². The molecule has 1 N–H and O–H groups in total. The average Bonchev–Trinajstić information content (AvgIpc) is 2.28. The van der Waals surface area contributed by atoms with Crippen LogP contribution in [0.1, 0.15) is 53.9 Å². The molecule has 5 heteroatoms. The van der Waals surface area contributed by atoms with Crippen LogP contribution in [0.4, 0.5) is 0 Å². The fourth-order valence-corrected chi connectivity index (χ4v) is 2.64. The van der Waals surface area contributed by atoms with Crippen LogP contribution in [-0.4, -0.2) is 34.2 Å². The molecule has 1 atom stereocenters. The smallest absolute Gasteiger partial charge is 0.324 e. The number of carbonyl (C=O) groups is 2. The van der Waals surface area contributed by atoms with Gasteiger partial charge in [0.25, 0.3) is 0 Å². The highest BCUT2D eigenvalue weighted by molar-refractivity contribution is 8.00. The van der Waals surface area contributed by atoms with Gasteiger partial charge < -0.3 is 9.84 Å². The molecular weight excluding hydrogens is 264 g/mol. The van der Waals surface area contributed by atoms with E-state index in [0.717, 1.165) is 6.42 Å². The lowest BCUT2D eigenvalue weighted by molar-refractivity contribution is -0.167. The van der Waals surface area contributed by atoms with Crippen LogP contribution in [-0.2, 0) is 14.3 Å². The predicted molar refractivity (Wildman–Crippen MR) is 78.4 cm³/mol. The third-order valence-corrected chi connectivity index (χ3v) is 4.29. The Morgan fingerprint density at radius 1 is 1.21 bits per heavy atom. The zero-order chi connectivity index (χ0) is 15.1. The lowest BCUT2D eigenvalue weighted by Crippen LogP contribution is -2.44. The molecule has 0 aliphatic heterocycles. The third-order valence-electron chi connectivity index (χ3n) is 2.78. The first-order valence-corrected chi connectivity index (χ1v) is 7.72. The zero-order valence-electron chi connectivity index (χ0n) is 12.6. The van der Waals surface area contributed by atoms with Crippen LogP contribution in [0.5, 0.6) is 0 Å². The Hall–Kier alpha value is -0.710. The van der Waals surface area contributed by atoms with Gasteiger partial charge in [-0.1, -0.05) is 40.5 Å². The van der Waals surface area contributed by atoms with Gasteiger partial charge in [0.05, 0.1) is 6.61 Å². The van der Waals surface area contributed by atoms with Gasteiger partial charge in [0, 0.05) is 10.5 Å². The molecule has 112 valence electrons. The van der Waals surface area contributed by atoms with Crippen molar-refractivity contribution in [1.29, 1.82) is 0 Å². The molecule has 0 aromatic heterocycles. The summed E-state index contributed by atoms with van der Waals surface area (Å²) in [5, 5.41) is 9.53. The van der Waals surface area contributed by atoms with Gasteiger partial charge >= 0.3 is 11.9 Å². The summed E-state index contributed by atoms with van der Waals surface area (Å²) in [6.07, 6.45) is 1.89. The van der Waals surface area contributed by atoms with E-state index in [1.54, 1.807) is 6.92 Å². The molecule has 0 saturated carbocycles. The van der Waals surface area contributed by atoms with E-state index in [1.807, 2.05) is 27.7 Å². The van der Waals surface area contributed by atoms with Gasteiger partial charge in [-0.15, -0.1) is 0 Å². The summed E-state index contributed by atoms with van der Waals surface area (Å²) in [7, 11) is 0. The van der Waals surface area contributed by atoms with Crippen LogP contribution in [0.15, 0.2) is 0 Å². The van der Waals surface area contributed by atoms with Crippen LogP contribution >= 0.6 is 11.8 Å². The van der Waals surface area contributed by atoms with E-state index in [-0.39, 0.29) is 17.1 Å². The van der Waals surface area contributed by atoms with Crippen LogP contribution in [0.25, 0.3) is 0 Å². The van der Waals surface area contributed by atoms with Gasteiger partial charge in [-0.3, -0.25) is 9.59 Å². The van der Waals surface area contributed by atoms with Crippen molar-refractivity contribution in [2.45, 2.75) is 58.6 Å². The van der Waals surface area contributed by atoms with Crippen molar-refractivity contribution in [3.05, 3.63) is 0 Å². The Labute approximate surface area is 120 Å². The zero-order valence-corrected chi connectivity index (χ0v) is 13.4. The molecule has 0 amide bonds. The van der Waals surface area contributed by atoms with E-state index in [1.165, 1.54) is 11.8 Å². The van der Waals surface area contributed by atoms with Gasteiger partial charge in [0.1, 0.15) is 0 Å². The summed E-state index contributed by atoms with van der Waals surface area (Å²) < 4.78 is 4.91. The number of esters is 1. The van der Waals surface area contributed by atoms with Crippen molar-refractivity contribution in [2.75, 3.05) is 12.4 Å². The van der Waals surface area contributed by atoms with Crippen LogP contribution < -0.4 is 0 Å². The number of unbranched alkanes of at least 4 members (excludes halogenated alkanes) is 1. The Morgan fingerprint density at radius 3 is 2.16 bits per heavy atom. The second-order valence-electron chi connectivity index (χ2n) is 5.61. The molecule has 0 radical (unpaired) electrons. The maximum atomic E-state index is 12.1. The SMILES string of the molecule is CCCC[C@](CSC(C)(C)C)(C(=O)O)C(=O)OCC. The molecule has 19 heavy (non-hydrogen) atoms. The highest BCUT2D eigenvalue weighted by Gasteiger charge is 2.47. The van der Waals surface area contributed by atoms with Crippen molar-refractivity contribution in [1.82, 2.24) is 0 Å². The van der Waals surface area contributed by atoms with E-state index >= 15 is 0 Å². The molecule has 0 rings (SSSR count). The van der Waals surface area contributed by atoms with Crippen molar-refractivity contribution >= 4 is 23.7 Å². The van der Waals surface area contributed by atoms with Gasteiger partial charge in [0.15, 0.2) is 5.41 Å². The second kappa shape index (κ2) is 7.78. The lowest BCUT2D eigenvalue weighted by atomic mass is 9.84. The highest BCUT2D eigenvalue weighted by Crippen LogP contribution is 2.36. The summed E-state index contributed by atoms with van der Waals surface area (Å²) in [4.78, 5) is 23.8. The molecule has 0 saturated heterocycles. The summed E-state index contributed by atoms with van der Waals surface area (Å²) in [5.41, 5.74) is -1.41. The van der Waals surface area contributed by atoms with Crippen molar-refractivity contribution in [3.8, 4) is 0 Å². The fourth-order valence-electron chi connectivity index (χ4n) is 1.58. The van der Waals surface area contributed by atoms with Crippen molar-refractivity contribution in [2.24, 2.45) is 5.41 Å². The molecule has 0 bridgehead atoms. The minimum Gasteiger partial charge on any atom is -0.480 e. The number of carboxylic acid groups (broad SMARTS) is 1. The van der Waals surface area contributed by atoms with E-state index in [0.29, 0.717) is 12.8 Å². The molecule has 0 heterocycles. The number of carbonyl (C=O) groups excluding carboxylic acids is 1. The molecule has 0 spiro atoms. The van der Waals surface area contributed by atoms with E-state index in [9.17, 15) is 14.7 Å². The van der Waals surface area contributed by atoms with Crippen LogP contribution in [0.2, 0.25) is 0 Å².